The summed E-state index contributed by atoms with van der Waals surface area (Å²) < 4.78 is 0. The first-order valence-corrected chi connectivity index (χ1v) is 6.82. The van der Waals surface area contributed by atoms with Crippen LogP contribution in [-0.2, 0) is 10.5 Å². The Labute approximate surface area is 111 Å². The van der Waals surface area contributed by atoms with Gasteiger partial charge in [-0.3, -0.25) is 0 Å². The normalized spacial score (nSPS) is 11.5. The number of hydrogen-bond donors (Lipinski definition) is 2. The molecule has 0 radical (unpaired) electrons. The maximum atomic E-state index is 10.3. The smallest absolute Gasteiger partial charge is 0.168 e. The Balaban J connectivity index is 2.26. The van der Waals surface area contributed by atoms with Crippen LogP contribution in [0.1, 0.15) is 24.0 Å². The van der Waals surface area contributed by atoms with E-state index >= 15 is 0 Å². The van der Waals surface area contributed by atoms with E-state index in [0.717, 1.165) is 11.3 Å². The summed E-state index contributed by atoms with van der Waals surface area (Å²) in [4.78, 5) is 10.3. The maximum Gasteiger partial charge on any atom is 0.168 e. The number of aliphatic carboxylic acids is 1. The maximum absolute atomic E-state index is 10.3. The average molecular weight is 269 g/mol. The molecule has 0 amide bonds. The predicted octanol–water partition coefficient (Wildman–Crippen LogP) is 0.439. The van der Waals surface area contributed by atoms with E-state index in [1.807, 2.05) is 31.2 Å². The topological polar surface area (TPSA) is 80.6 Å². The quantitative estimate of drug-likeness (QED) is 0.554. The van der Waals surface area contributed by atoms with E-state index in [1.54, 1.807) is 0 Å². The van der Waals surface area contributed by atoms with Crippen LogP contribution in [0.15, 0.2) is 24.3 Å². The molecule has 0 unspecified atom stereocenters. The minimum absolute atomic E-state index is 0.0114. The molecule has 0 aromatic heterocycles. The van der Waals surface area contributed by atoms with Gasteiger partial charge < -0.3 is 20.1 Å². The van der Waals surface area contributed by atoms with Crippen LogP contribution in [0.4, 0.5) is 0 Å². The van der Waals surface area contributed by atoms with Gasteiger partial charge in [-0.1, -0.05) is 29.8 Å². The molecule has 0 bridgehead atoms. The molecule has 0 fully saturated rings. The Hall–Kier alpha value is -1.04. The number of carboxylic acids is 1. The molecule has 1 aromatic carbocycles. The van der Waals surface area contributed by atoms with Gasteiger partial charge in [0.15, 0.2) is 5.79 Å². The summed E-state index contributed by atoms with van der Waals surface area (Å²) in [5.74, 6) is -2.38. The Morgan fingerprint density at radius 3 is 2.50 bits per heavy atom. The van der Waals surface area contributed by atoms with Crippen molar-refractivity contribution in [3.63, 3.8) is 0 Å². The fourth-order valence-corrected chi connectivity index (χ4v) is 2.47. The SMILES string of the molecule is Cc1ccc(CSCCC(O)(O)CC(=O)[O-])cc1. The lowest BCUT2D eigenvalue weighted by Crippen LogP contribution is -2.37. The molecule has 0 atom stereocenters. The standard InChI is InChI=1S/C13H18O4S/c1-10-2-4-11(5-3-10)9-18-7-6-13(16,17)8-12(14)15/h2-5,16-17H,6-9H2,1H3,(H,14,15)/p-1. The van der Waals surface area contributed by atoms with Gasteiger partial charge in [0.2, 0.25) is 0 Å². The van der Waals surface area contributed by atoms with Gasteiger partial charge in [0.05, 0.1) is 0 Å². The van der Waals surface area contributed by atoms with Crippen LogP contribution >= 0.6 is 11.8 Å². The van der Waals surface area contributed by atoms with Crippen LogP contribution in [0.2, 0.25) is 0 Å². The monoisotopic (exact) mass is 269 g/mol. The van der Waals surface area contributed by atoms with Crippen molar-refractivity contribution in [2.24, 2.45) is 0 Å². The summed E-state index contributed by atoms with van der Waals surface area (Å²) in [5, 5.41) is 28.9. The van der Waals surface area contributed by atoms with Crippen LogP contribution < -0.4 is 5.11 Å². The molecule has 0 aliphatic heterocycles. The van der Waals surface area contributed by atoms with Crippen molar-refractivity contribution in [1.29, 1.82) is 0 Å². The minimum atomic E-state index is -2.17. The van der Waals surface area contributed by atoms with Gasteiger partial charge in [0.25, 0.3) is 0 Å². The molecule has 0 aliphatic rings. The molecule has 1 rings (SSSR count). The van der Waals surface area contributed by atoms with Crippen LogP contribution in [0.3, 0.4) is 0 Å². The van der Waals surface area contributed by atoms with E-state index in [2.05, 4.69) is 0 Å². The zero-order chi connectivity index (χ0) is 13.6. The highest BCUT2D eigenvalue weighted by atomic mass is 32.2. The highest BCUT2D eigenvalue weighted by molar-refractivity contribution is 7.98. The molecule has 0 aliphatic carbocycles. The second kappa shape index (κ2) is 6.78. The Bertz CT molecular complexity index is 386. The number of thioether (sulfide) groups is 1. The molecule has 1 aromatic rings. The second-order valence-electron chi connectivity index (χ2n) is 4.32. The third-order valence-electron chi connectivity index (χ3n) is 2.46. The van der Waals surface area contributed by atoms with Crippen molar-refractivity contribution in [2.45, 2.75) is 31.3 Å². The molecular weight excluding hydrogens is 252 g/mol. The van der Waals surface area contributed by atoms with Crippen LogP contribution in [-0.4, -0.2) is 27.7 Å². The number of aryl methyl sites for hydroxylation is 1. The number of aliphatic hydroxyl groups is 2. The third-order valence-corrected chi connectivity index (χ3v) is 3.49. The van der Waals surface area contributed by atoms with Crippen LogP contribution in [0, 0.1) is 6.92 Å². The van der Waals surface area contributed by atoms with Crippen LogP contribution in [0.5, 0.6) is 0 Å². The summed E-state index contributed by atoms with van der Waals surface area (Å²) in [6, 6.07) is 8.09. The summed E-state index contributed by atoms with van der Waals surface area (Å²) in [7, 11) is 0. The zero-order valence-electron chi connectivity index (χ0n) is 10.3. The molecule has 18 heavy (non-hydrogen) atoms. The Morgan fingerprint density at radius 2 is 1.94 bits per heavy atom. The van der Waals surface area contributed by atoms with E-state index in [9.17, 15) is 20.1 Å². The predicted molar refractivity (Wildman–Crippen MR) is 68.8 cm³/mol. The summed E-state index contributed by atoms with van der Waals surface area (Å²) in [6.45, 7) is 2.02. The zero-order valence-corrected chi connectivity index (χ0v) is 11.1. The van der Waals surface area contributed by atoms with Crippen molar-refractivity contribution < 1.29 is 20.1 Å². The lowest BCUT2D eigenvalue weighted by molar-refractivity contribution is -0.315. The van der Waals surface area contributed by atoms with Crippen molar-refractivity contribution >= 4 is 17.7 Å². The second-order valence-corrected chi connectivity index (χ2v) is 5.42. The van der Waals surface area contributed by atoms with Gasteiger partial charge in [-0.15, -0.1) is 0 Å². The molecule has 2 N–H and O–H groups in total. The fraction of sp³-hybridized carbons (Fsp3) is 0.462. The molecular formula is C13H17O4S-. The molecule has 5 heteroatoms. The van der Waals surface area contributed by atoms with E-state index in [4.69, 9.17) is 0 Å². The largest absolute Gasteiger partial charge is 0.550 e. The third kappa shape index (κ3) is 6.05. The molecule has 0 saturated carbocycles. The summed E-state index contributed by atoms with van der Waals surface area (Å²) >= 11 is 1.53. The first-order valence-electron chi connectivity index (χ1n) is 5.67. The molecule has 4 nitrogen and oxygen atoms in total. The lowest BCUT2D eigenvalue weighted by atomic mass is 10.1. The summed E-state index contributed by atoms with van der Waals surface area (Å²) in [6.07, 6.45) is -0.740. The highest BCUT2D eigenvalue weighted by Gasteiger charge is 2.22. The molecule has 0 saturated heterocycles. The Kier molecular flexibility index (Phi) is 5.65. The Morgan fingerprint density at radius 1 is 1.33 bits per heavy atom. The van der Waals surface area contributed by atoms with Crippen molar-refractivity contribution in [1.82, 2.24) is 0 Å². The minimum Gasteiger partial charge on any atom is -0.550 e. The van der Waals surface area contributed by atoms with Gasteiger partial charge >= 0.3 is 0 Å². The van der Waals surface area contributed by atoms with E-state index in [1.165, 1.54) is 17.3 Å². The number of rotatable bonds is 7. The van der Waals surface area contributed by atoms with Gasteiger partial charge in [-0.25, -0.2) is 0 Å². The van der Waals surface area contributed by atoms with Gasteiger partial charge in [-0.2, -0.15) is 11.8 Å². The number of carbonyl (C=O) groups excluding carboxylic acids is 1. The lowest BCUT2D eigenvalue weighted by Gasteiger charge is -2.21. The van der Waals surface area contributed by atoms with E-state index in [-0.39, 0.29) is 6.42 Å². The fourth-order valence-electron chi connectivity index (χ4n) is 1.43. The van der Waals surface area contributed by atoms with Crippen molar-refractivity contribution in [3.05, 3.63) is 35.4 Å². The van der Waals surface area contributed by atoms with E-state index < -0.39 is 18.2 Å². The molecule has 0 spiro atoms. The number of carboxylic acid groups (broad SMARTS) is 1. The number of benzene rings is 1. The first kappa shape index (κ1) is 15.0. The van der Waals surface area contributed by atoms with Gasteiger partial charge in [-0.05, 0) is 18.2 Å². The van der Waals surface area contributed by atoms with Gasteiger partial charge in [0.1, 0.15) is 0 Å². The van der Waals surface area contributed by atoms with Crippen molar-refractivity contribution in [2.75, 3.05) is 5.75 Å². The highest BCUT2D eigenvalue weighted by Crippen LogP contribution is 2.18. The number of hydrogen-bond acceptors (Lipinski definition) is 5. The summed E-state index contributed by atoms with van der Waals surface area (Å²) in [5.41, 5.74) is 2.36. The molecule has 100 valence electrons. The van der Waals surface area contributed by atoms with Crippen molar-refractivity contribution in [3.8, 4) is 0 Å². The van der Waals surface area contributed by atoms with E-state index in [0.29, 0.717) is 5.75 Å². The first-order chi connectivity index (χ1) is 8.39. The number of carbonyl (C=O) groups is 1. The van der Waals surface area contributed by atoms with Crippen LogP contribution in [0.25, 0.3) is 0 Å². The molecule has 0 heterocycles. The average Bonchev–Trinajstić information content (AvgIpc) is 2.25. The van der Waals surface area contributed by atoms with Gasteiger partial charge in [0, 0.05) is 24.6 Å².